The Morgan fingerprint density at radius 2 is 2.00 bits per heavy atom. The first-order chi connectivity index (χ1) is 5.47. The van der Waals surface area contributed by atoms with E-state index in [2.05, 4.69) is 4.98 Å². The Bertz CT molecular complexity index is 250. The van der Waals surface area contributed by atoms with E-state index in [0.717, 1.165) is 0 Å². The molecule has 1 aromatic heterocycles. The maximum Gasteiger partial charge on any atom is 0.396 e. The van der Waals surface area contributed by atoms with Crippen LogP contribution in [0.4, 0.5) is 13.2 Å². The van der Waals surface area contributed by atoms with Crippen molar-refractivity contribution in [3.8, 4) is 0 Å². The molecule has 0 fully saturated rings. The van der Waals surface area contributed by atoms with Gasteiger partial charge in [-0.1, -0.05) is 6.07 Å². The summed E-state index contributed by atoms with van der Waals surface area (Å²) in [5, 5.41) is 0. The molecule has 4 heteroatoms. The van der Waals surface area contributed by atoms with Crippen LogP contribution in [0.15, 0.2) is 18.3 Å². The molecule has 0 saturated carbocycles. The molecule has 0 unspecified atom stereocenters. The van der Waals surface area contributed by atoms with Gasteiger partial charge in [-0.15, -0.1) is 0 Å². The number of halogens is 3. The Hall–Kier alpha value is -1.06. The van der Waals surface area contributed by atoms with E-state index in [1.54, 1.807) is 6.92 Å². The highest BCUT2D eigenvalue weighted by atomic mass is 19.4. The van der Waals surface area contributed by atoms with Gasteiger partial charge in [0.2, 0.25) is 0 Å². The first-order valence-corrected chi connectivity index (χ1v) is 3.33. The van der Waals surface area contributed by atoms with Crippen molar-refractivity contribution in [3.63, 3.8) is 0 Å². The molecule has 0 bridgehead atoms. The van der Waals surface area contributed by atoms with Gasteiger partial charge < -0.3 is 0 Å². The fourth-order valence-corrected chi connectivity index (χ4v) is 0.754. The fourth-order valence-electron chi connectivity index (χ4n) is 0.754. The van der Waals surface area contributed by atoms with Gasteiger partial charge in [-0.25, -0.2) is 0 Å². The Labute approximate surface area is 68.2 Å². The third-order valence-electron chi connectivity index (χ3n) is 1.26. The number of aryl methyl sites for hydroxylation is 1. The molecule has 0 spiro atoms. The minimum atomic E-state index is -4.27. The number of hydrogen-bond donors (Lipinski definition) is 0. The number of nitrogens with zero attached hydrogens (tertiary/aromatic N) is 1. The van der Waals surface area contributed by atoms with Crippen molar-refractivity contribution in [1.82, 2.24) is 4.98 Å². The summed E-state index contributed by atoms with van der Waals surface area (Å²) in [6.07, 6.45) is -2.85. The number of hydrogen-bond acceptors (Lipinski definition) is 1. The predicted molar refractivity (Wildman–Crippen MR) is 38.4 cm³/mol. The lowest BCUT2D eigenvalue weighted by molar-refractivity contribution is -0.0928. The average molecular weight is 174 g/mol. The molecular weight excluding hydrogens is 167 g/mol. The van der Waals surface area contributed by atoms with E-state index in [1.807, 2.05) is 0 Å². The standard InChI is InChI=1S/C8H7F3N/c1-6-2-3-7(5-12-6)4-8(9,10)11/h2-5H,1H3. The fraction of sp³-hybridized carbons (Fsp3) is 0.250. The van der Waals surface area contributed by atoms with Crippen LogP contribution in [-0.4, -0.2) is 11.2 Å². The van der Waals surface area contributed by atoms with E-state index in [1.165, 1.54) is 18.3 Å². The van der Waals surface area contributed by atoms with Crippen molar-refractivity contribution in [2.24, 2.45) is 0 Å². The van der Waals surface area contributed by atoms with Crippen LogP contribution in [0, 0.1) is 13.3 Å². The van der Waals surface area contributed by atoms with Crippen LogP contribution in [0.2, 0.25) is 0 Å². The Morgan fingerprint density at radius 1 is 1.33 bits per heavy atom. The van der Waals surface area contributed by atoms with Crippen molar-refractivity contribution in [3.05, 3.63) is 36.0 Å². The van der Waals surface area contributed by atoms with E-state index in [4.69, 9.17) is 0 Å². The van der Waals surface area contributed by atoms with Crippen LogP contribution in [0.25, 0.3) is 0 Å². The van der Waals surface area contributed by atoms with Gasteiger partial charge in [-0.2, -0.15) is 13.2 Å². The molecule has 0 aliphatic rings. The summed E-state index contributed by atoms with van der Waals surface area (Å²) in [6, 6.07) is 2.92. The summed E-state index contributed by atoms with van der Waals surface area (Å²) in [4.78, 5) is 3.73. The van der Waals surface area contributed by atoms with E-state index in [0.29, 0.717) is 5.69 Å². The van der Waals surface area contributed by atoms with Gasteiger partial charge in [0.25, 0.3) is 0 Å². The van der Waals surface area contributed by atoms with E-state index in [-0.39, 0.29) is 12.0 Å². The Kier molecular flexibility index (Phi) is 2.35. The largest absolute Gasteiger partial charge is 0.396 e. The quantitative estimate of drug-likeness (QED) is 0.637. The lowest BCUT2D eigenvalue weighted by atomic mass is 10.2. The van der Waals surface area contributed by atoms with Crippen LogP contribution in [0.1, 0.15) is 11.3 Å². The molecule has 0 amide bonds. The molecule has 1 aromatic rings. The minimum Gasteiger partial charge on any atom is -0.261 e. The maximum atomic E-state index is 11.8. The van der Waals surface area contributed by atoms with Crippen molar-refractivity contribution in [1.29, 1.82) is 0 Å². The van der Waals surface area contributed by atoms with Gasteiger partial charge in [-0.3, -0.25) is 4.98 Å². The summed E-state index contributed by atoms with van der Waals surface area (Å²) in [6.45, 7) is 1.72. The van der Waals surface area contributed by atoms with Gasteiger partial charge >= 0.3 is 6.18 Å². The van der Waals surface area contributed by atoms with Crippen LogP contribution in [0.3, 0.4) is 0 Å². The van der Waals surface area contributed by atoms with E-state index in [9.17, 15) is 13.2 Å². The molecule has 0 saturated heterocycles. The lowest BCUT2D eigenvalue weighted by Gasteiger charge is -2.04. The molecule has 1 rings (SSSR count). The second-order valence-corrected chi connectivity index (χ2v) is 2.42. The van der Waals surface area contributed by atoms with Crippen molar-refractivity contribution < 1.29 is 13.2 Å². The molecule has 1 nitrogen and oxygen atoms in total. The number of pyridine rings is 1. The molecular formula is C8H7F3N. The SMILES string of the molecule is Cc1ccc([CH]C(F)(F)F)cn1. The molecule has 0 aliphatic heterocycles. The predicted octanol–water partition coefficient (Wildman–Crippen LogP) is 2.50. The summed E-state index contributed by atoms with van der Waals surface area (Å²) >= 11 is 0. The highest BCUT2D eigenvalue weighted by Crippen LogP contribution is 2.22. The molecule has 12 heavy (non-hydrogen) atoms. The first-order valence-electron chi connectivity index (χ1n) is 3.33. The summed E-state index contributed by atoms with van der Waals surface area (Å²) < 4.78 is 35.3. The Balaban J connectivity index is 2.71. The molecule has 0 aromatic carbocycles. The Morgan fingerprint density at radius 3 is 2.42 bits per heavy atom. The van der Waals surface area contributed by atoms with Gasteiger partial charge in [0.1, 0.15) is 0 Å². The zero-order chi connectivity index (χ0) is 9.19. The third kappa shape index (κ3) is 2.90. The van der Waals surface area contributed by atoms with Crippen molar-refractivity contribution in [2.45, 2.75) is 13.1 Å². The van der Waals surface area contributed by atoms with Crippen LogP contribution >= 0.6 is 0 Å². The maximum absolute atomic E-state index is 11.8. The second kappa shape index (κ2) is 3.13. The molecule has 1 radical (unpaired) electrons. The van der Waals surface area contributed by atoms with Gasteiger partial charge in [0, 0.05) is 11.9 Å². The smallest absolute Gasteiger partial charge is 0.261 e. The van der Waals surface area contributed by atoms with Crippen LogP contribution < -0.4 is 0 Å². The highest BCUT2D eigenvalue weighted by molar-refractivity contribution is 5.22. The summed E-state index contributed by atoms with van der Waals surface area (Å²) in [7, 11) is 0. The number of alkyl halides is 3. The average Bonchev–Trinajstić information content (AvgIpc) is 1.91. The van der Waals surface area contributed by atoms with Crippen LogP contribution in [0.5, 0.6) is 0 Å². The zero-order valence-electron chi connectivity index (χ0n) is 6.39. The third-order valence-corrected chi connectivity index (χ3v) is 1.26. The summed E-state index contributed by atoms with van der Waals surface area (Å²) in [5.41, 5.74) is 0.780. The monoisotopic (exact) mass is 174 g/mol. The topological polar surface area (TPSA) is 12.9 Å². The van der Waals surface area contributed by atoms with Gasteiger partial charge in [0.15, 0.2) is 0 Å². The minimum absolute atomic E-state index is 0.0769. The number of aromatic nitrogens is 1. The van der Waals surface area contributed by atoms with Crippen molar-refractivity contribution in [2.75, 3.05) is 0 Å². The van der Waals surface area contributed by atoms with E-state index >= 15 is 0 Å². The number of rotatable bonds is 1. The molecule has 1 heterocycles. The lowest BCUT2D eigenvalue weighted by Crippen LogP contribution is -2.08. The normalized spacial score (nSPS) is 11.7. The first kappa shape index (κ1) is 9.03. The molecule has 0 aliphatic carbocycles. The summed E-state index contributed by atoms with van der Waals surface area (Å²) in [5.74, 6) is 0. The highest BCUT2D eigenvalue weighted by Gasteiger charge is 2.28. The van der Waals surface area contributed by atoms with Crippen LogP contribution in [-0.2, 0) is 0 Å². The van der Waals surface area contributed by atoms with Gasteiger partial charge in [-0.05, 0) is 18.6 Å². The second-order valence-electron chi connectivity index (χ2n) is 2.42. The van der Waals surface area contributed by atoms with Gasteiger partial charge in [0.05, 0.1) is 6.42 Å². The zero-order valence-corrected chi connectivity index (χ0v) is 6.39. The molecule has 0 N–H and O–H groups in total. The van der Waals surface area contributed by atoms with Crippen molar-refractivity contribution >= 4 is 0 Å². The molecule has 0 atom stereocenters. The molecule has 65 valence electrons. The van der Waals surface area contributed by atoms with E-state index < -0.39 is 6.18 Å².